The van der Waals surface area contributed by atoms with Crippen molar-refractivity contribution in [2.75, 3.05) is 5.73 Å². The quantitative estimate of drug-likeness (QED) is 0.783. The van der Waals surface area contributed by atoms with Crippen LogP contribution in [0.2, 0.25) is 0 Å². The molecule has 1 heterocycles. The summed E-state index contributed by atoms with van der Waals surface area (Å²) in [7, 11) is 0. The predicted molar refractivity (Wildman–Crippen MR) is 59.1 cm³/mol. The number of aromatic nitrogens is 2. The van der Waals surface area contributed by atoms with E-state index in [9.17, 15) is 0 Å². The highest BCUT2D eigenvalue weighted by molar-refractivity contribution is 5.90. The van der Waals surface area contributed by atoms with Crippen LogP contribution in [0.4, 0.5) is 5.69 Å². The highest BCUT2D eigenvalue weighted by Crippen LogP contribution is 2.30. The molecule has 1 saturated carbocycles. The molecule has 1 fully saturated rings. The monoisotopic (exact) mass is 219 g/mol. The summed E-state index contributed by atoms with van der Waals surface area (Å²) in [6.45, 7) is 0. The predicted octanol–water partition coefficient (Wildman–Crippen LogP) is 2.13. The standard InChI is InChI=1S/C11H13N3O2/c12-8-5-6-9(11-10(8)13-16-14-11)15-7-3-1-2-4-7/h5-7H,1-4,12H2. The molecule has 3 rings (SSSR count). The van der Waals surface area contributed by atoms with Gasteiger partial charge in [-0.3, -0.25) is 0 Å². The van der Waals surface area contributed by atoms with Crippen LogP contribution in [0.3, 0.4) is 0 Å². The Morgan fingerprint density at radius 2 is 1.94 bits per heavy atom. The maximum atomic E-state index is 5.88. The molecule has 0 amide bonds. The van der Waals surface area contributed by atoms with Crippen molar-refractivity contribution < 1.29 is 9.37 Å². The van der Waals surface area contributed by atoms with Crippen molar-refractivity contribution in [2.45, 2.75) is 31.8 Å². The Morgan fingerprint density at radius 3 is 2.75 bits per heavy atom. The summed E-state index contributed by atoms with van der Waals surface area (Å²) in [5, 5.41) is 7.59. The molecule has 1 aliphatic carbocycles. The first-order valence-electron chi connectivity index (χ1n) is 5.52. The summed E-state index contributed by atoms with van der Waals surface area (Å²) >= 11 is 0. The lowest BCUT2D eigenvalue weighted by Gasteiger charge is -2.12. The zero-order chi connectivity index (χ0) is 11.0. The van der Waals surface area contributed by atoms with Crippen molar-refractivity contribution in [1.82, 2.24) is 10.3 Å². The van der Waals surface area contributed by atoms with E-state index in [0.717, 1.165) is 18.6 Å². The van der Waals surface area contributed by atoms with Gasteiger partial charge in [0.15, 0.2) is 16.8 Å². The first-order chi connectivity index (χ1) is 7.84. The second kappa shape index (κ2) is 3.66. The lowest BCUT2D eigenvalue weighted by molar-refractivity contribution is 0.211. The van der Waals surface area contributed by atoms with Gasteiger partial charge in [0, 0.05) is 0 Å². The van der Waals surface area contributed by atoms with Crippen LogP contribution in [-0.2, 0) is 0 Å². The number of rotatable bonds is 2. The number of ether oxygens (including phenoxy) is 1. The number of hydrogen-bond donors (Lipinski definition) is 1. The van der Waals surface area contributed by atoms with Crippen LogP contribution in [0.25, 0.3) is 11.0 Å². The summed E-state index contributed by atoms with van der Waals surface area (Å²) in [5.41, 5.74) is 7.52. The first kappa shape index (κ1) is 9.45. The van der Waals surface area contributed by atoms with E-state index in [-0.39, 0.29) is 0 Å². The van der Waals surface area contributed by atoms with Crippen LogP contribution in [0.5, 0.6) is 5.75 Å². The minimum absolute atomic E-state index is 0.295. The Morgan fingerprint density at radius 1 is 1.19 bits per heavy atom. The Hall–Kier alpha value is -1.78. The van der Waals surface area contributed by atoms with Crippen LogP contribution in [0.1, 0.15) is 25.7 Å². The van der Waals surface area contributed by atoms with Gasteiger partial charge in [0.05, 0.1) is 11.8 Å². The fourth-order valence-electron chi connectivity index (χ4n) is 2.14. The molecule has 0 saturated heterocycles. The fraction of sp³-hybridized carbons (Fsp3) is 0.455. The second-order valence-corrected chi connectivity index (χ2v) is 4.14. The number of nitrogen functional groups attached to an aromatic ring is 1. The van der Waals surface area contributed by atoms with E-state index >= 15 is 0 Å². The van der Waals surface area contributed by atoms with E-state index in [1.54, 1.807) is 6.07 Å². The molecule has 0 atom stereocenters. The van der Waals surface area contributed by atoms with Gasteiger partial charge in [-0.2, -0.15) is 0 Å². The van der Waals surface area contributed by atoms with Crippen LogP contribution < -0.4 is 10.5 Å². The van der Waals surface area contributed by atoms with E-state index in [4.69, 9.17) is 15.1 Å². The Kier molecular flexibility index (Phi) is 2.16. The SMILES string of the molecule is Nc1ccc(OC2CCCC2)c2nonc12. The lowest BCUT2D eigenvalue weighted by Crippen LogP contribution is -2.11. The third-order valence-corrected chi connectivity index (χ3v) is 3.01. The van der Waals surface area contributed by atoms with Gasteiger partial charge < -0.3 is 10.5 Å². The molecule has 16 heavy (non-hydrogen) atoms. The molecule has 1 aromatic heterocycles. The summed E-state index contributed by atoms with van der Waals surface area (Å²) in [6, 6.07) is 3.61. The van der Waals surface area contributed by atoms with Crippen molar-refractivity contribution in [1.29, 1.82) is 0 Å². The molecule has 5 heteroatoms. The molecule has 0 unspecified atom stereocenters. The summed E-state index contributed by atoms with van der Waals surface area (Å²) in [6.07, 6.45) is 4.98. The highest BCUT2D eigenvalue weighted by Gasteiger charge is 2.19. The van der Waals surface area contributed by atoms with Gasteiger partial charge in [-0.15, -0.1) is 0 Å². The average Bonchev–Trinajstić information content (AvgIpc) is 2.92. The zero-order valence-electron chi connectivity index (χ0n) is 8.85. The molecule has 84 valence electrons. The van der Waals surface area contributed by atoms with E-state index in [2.05, 4.69) is 10.3 Å². The molecule has 0 aliphatic heterocycles. The average molecular weight is 219 g/mol. The molecule has 2 aromatic rings. The minimum atomic E-state index is 0.295. The number of fused-ring (bicyclic) bond motifs is 1. The normalized spacial score (nSPS) is 17.0. The summed E-state index contributed by atoms with van der Waals surface area (Å²) in [5.74, 6) is 0.720. The Bertz CT molecular complexity index is 503. The van der Waals surface area contributed by atoms with E-state index in [1.807, 2.05) is 6.07 Å². The lowest BCUT2D eigenvalue weighted by atomic mass is 10.2. The number of nitrogens with zero attached hydrogens (tertiary/aromatic N) is 2. The van der Waals surface area contributed by atoms with E-state index in [0.29, 0.717) is 22.8 Å². The van der Waals surface area contributed by atoms with Crippen LogP contribution in [0.15, 0.2) is 16.8 Å². The largest absolute Gasteiger partial charge is 0.488 e. The van der Waals surface area contributed by atoms with Crippen molar-refractivity contribution in [3.8, 4) is 5.75 Å². The molecular formula is C11H13N3O2. The van der Waals surface area contributed by atoms with Crippen molar-refractivity contribution >= 4 is 16.7 Å². The maximum Gasteiger partial charge on any atom is 0.179 e. The van der Waals surface area contributed by atoms with Crippen molar-refractivity contribution in [3.63, 3.8) is 0 Å². The highest BCUT2D eigenvalue weighted by atomic mass is 16.6. The minimum Gasteiger partial charge on any atom is -0.488 e. The maximum absolute atomic E-state index is 5.88. The third kappa shape index (κ3) is 1.48. The molecule has 2 N–H and O–H groups in total. The smallest absolute Gasteiger partial charge is 0.179 e. The Labute approximate surface area is 92.5 Å². The fourth-order valence-corrected chi connectivity index (χ4v) is 2.14. The molecule has 0 radical (unpaired) electrons. The van der Waals surface area contributed by atoms with Gasteiger partial charge in [-0.25, -0.2) is 4.63 Å². The van der Waals surface area contributed by atoms with Crippen LogP contribution in [0, 0.1) is 0 Å². The van der Waals surface area contributed by atoms with Gasteiger partial charge in [0.1, 0.15) is 0 Å². The number of nitrogens with two attached hydrogens (primary N) is 1. The number of anilines is 1. The number of hydrogen-bond acceptors (Lipinski definition) is 5. The first-order valence-corrected chi connectivity index (χ1v) is 5.52. The molecule has 1 aromatic carbocycles. The summed E-state index contributed by atoms with van der Waals surface area (Å²) in [4.78, 5) is 0. The second-order valence-electron chi connectivity index (χ2n) is 4.14. The molecule has 0 bridgehead atoms. The third-order valence-electron chi connectivity index (χ3n) is 3.01. The van der Waals surface area contributed by atoms with Gasteiger partial charge in [-0.1, -0.05) is 0 Å². The van der Waals surface area contributed by atoms with Crippen molar-refractivity contribution in [3.05, 3.63) is 12.1 Å². The van der Waals surface area contributed by atoms with Crippen molar-refractivity contribution in [2.24, 2.45) is 0 Å². The molecule has 1 aliphatic rings. The number of benzene rings is 1. The zero-order valence-corrected chi connectivity index (χ0v) is 8.85. The van der Waals surface area contributed by atoms with Crippen LogP contribution in [-0.4, -0.2) is 16.4 Å². The van der Waals surface area contributed by atoms with Gasteiger partial charge >= 0.3 is 0 Å². The molecular weight excluding hydrogens is 206 g/mol. The van der Waals surface area contributed by atoms with Gasteiger partial charge in [0.2, 0.25) is 0 Å². The molecule has 0 spiro atoms. The molecule has 5 nitrogen and oxygen atoms in total. The van der Waals surface area contributed by atoms with Crippen LogP contribution >= 0.6 is 0 Å². The van der Waals surface area contributed by atoms with Gasteiger partial charge in [0.25, 0.3) is 0 Å². The van der Waals surface area contributed by atoms with E-state index < -0.39 is 0 Å². The van der Waals surface area contributed by atoms with E-state index in [1.165, 1.54) is 12.8 Å². The summed E-state index contributed by atoms with van der Waals surface area (Å²) < 4.78 is 10.6. The topological polar surface area (TPSA) is 74.2 Å². The van der Waals surface area contributed by atoms with Gasteiger partial charge in [-0.05, 0) is 48.1 Å². The Balaban J connectivity index is 1.96.